The second-order valence-electron chi connectivity index (χ2n) is 4.61. The second-order valence-corrected chi connectivity index (χ2v) is 4.61. The van der Waals surface area contributed by atoms with Crippen molar-refractivity contribution in [2.45, 2.75) is 19.9 Å². The molecule has 1 atom stereocenters. The van der Waals surface area contributed by atoms with Gasteiger partial charge in [0.05, 0.1) is 18.4 Å². The monoisotopic (exact) mass is 272 g/mol. The minimum absolute atomic E-state index is 0.00908. The van der Waals surface area contributed by atoms with Crippen LogP contribution in [0.1, 0.15) is 25.5 Å². The molecule has 106 valence electrons. The smallest absolute Gasteiger partial charge is 0.233 e. The molecular formula is C15H20N4O. The molecule has 1 unspecified atom stereocenters. The van der Waals surface area contributed by atoms with Gasteiger partial charge in [-0.1, -0.05) is 18.2 Å². The molecule has 0 radical (unpaired) electrons. The Bertz CT molecular complexity index is 550. The fourth-order valence-corrected chi connectivity index (χ4v) is 1.91. The Morgan fingerprint density at radius 2 is 2.10 bits per heavy atom. The van der Waals surface area contributed by atoms with E-state index in [0.29, 0.717) is 13.1 Å². The zero-order valence-electron chi connectivity index (χ0n) is 11.8. The van der Waals surface area contributed by atoms with E-state index in [1.807, 2.05) is 61.3 Å². The average molecular weight is 272 g/mol. The second kappa shape index (κ2) is 6.86. The molecule has 0 aliphatic carbocycles. The van der Waals surface area contributed by atoms with Crippen LogP contribution in [0.5, 0.6) is 0 Å². The van der Waals surface area contributed by atoms with Crippen molar-refractivity contribution in [2.24, 2.45) is 0 Å². The predicted molar refractivity (Wildman–Crippen MR) is 78.7 cm³/mol. The maximum atomic E-state index is 11.4. The van der Waals surface area contributed by atoms with Crippen LogP contribution in [0.15, 0.2) is 42.7 Å². The van der Waals surface area contributed by atoms with Gasteiger partial charge < -0.3 is 10.6 Å². The largest absolute Gasteiger partial charge is 0.355 e. The molecule has 5 heteroatoms. The summed E-state index contributed by atoms with van der Waals surface area (Å²) in [6.07, 6.45) is 3.80. The van der Waals surface area contributed by atoms with Crippen molar-refractivity contribution in [3.63, 3.8) is 0 Å². The zero-order chi connectivity index (χ0) is 14.4. The van der Waals surface area contributed by atoms with E-state index >= 15 is 0 Å². The Hall–Kier alpha value is -2.14. The van der Waals surface area contributed by atoms with Crippen molar-refractivity contribution in [1.82, 2.24) is 20.4 Å². The highest BCUT2D eigenvalue weighted by atomic mass is 16.1. The molecule has 5 nitrogen and oxygen atoms in total. The molecule has 0 saturated carbocycles. The summed E-state index contributed by atoms with van der Waals surface area (Å²) in [5, 5.41) is 10.3. The van der Waals surface area contributed by atoms with Crippen LogP contribution in [0, 0.1) is 0 Å². The minimum Gasteiger partial charge on any atom is -0.355 e. The number of rotatable bonds is 6. The fourth-order valence-electron chi connectivity index (χ4n) is 1.91. The first-order valence-corrected chi connectivity index (χ1v) is 6.80. The van der Waals surface area contributed by atoms with Crippen molar-refractivity contribution in [2.75, 3.05) is 13.1 Å². The average Bonchev–Trinajstić information content (AvgIpc) is 2.96. The van der Waals surface area contributed by atoms with E-state index in [1.54, 1.807) is 0 Å². The summed E-state index contributed by atoms with van der Waals surface area (Å²) in [6, 6.07) is 10.0. The number of carbonyl (C=O) groups excluding carboxylic acids is 1. The molecule has 1 aromatic carbocycles. The van der Waals surface area contributed by atoms with Crippen LogP contribution in [-0.4, -0.2) is 28.8 Å². The number of nitrogens with zero attached hydrogens (tertiary/aromatic N) is 2. The molecule has 0 bridgehead atoms. The van der Waals surface area contributed by atoms with E-state index in [0.717, 1.165) is 11.3 Å². The van der Waals surface area contributed by atoms with E-state index in [1.165, 1.54) is 0 Å². The lowest BCUT2D eigenvalue weighted by molar-refractivity contribution is -0.120. The Kier molecular flexibility index (Phi) is 4.90. The predicted octanol–water partition coefficient (Wildman–Crippen LogP) is 1.66. The first-order chi connectivity index (χ1) is 9.70. The number of hydrogen-bond acceptors (Lipinski definition) is 3. The van der Waals surface area contributed by atoms with Crippen LogP contribution in [0.4, 0.5) is 0 Å². The number of nitrogens with one attached hydrogen (secondary N) is 2. The van der Waals surface area contributed by atoms with E-state index in [-0.39, 0.29) is 11.9 Å². The van der Waals surface area contributed by atoms with Crippen LogP contribution < -0.4 is 10.6 Å². The summed E-state index contributed by atoms with van der Waals surface area (Å²) in [4.78, 5) is 11.4. The molecule has 0 saturated heterocycles. The maximum Gasteiger partial charge on any atom is 0.233 e. The summed E-state index contributed by atoms with van der Waals surface area (Å²) in [5.74, 6) is 0.00908. The summed E-state index contributed by atoms with van der Waals surface area (Å²) in [6.45, 7) is 4.89. The molecule has 1 heterocycles. The van der Waals surface area contributed by atoms with Crippen LogP contribution in [0.3, 0.4) is 0 Å². The summed E-state index contributed by atoms with van der Waals surface area (Å²) in [7, 11) is 0. The first-order valence-electron chi connectivity index (χ1n) is 6.80. The summed E-state index contributed by atoms with van der Waals surface area (Å²) < 4.78 is 1.83. The minimum atomic E-state index is 0.00908. The van der Waals surface area contributed by atoms with Gasteiger partial charge in [-0.05, 0) is 26.0 Å². The third-order valence-corrected chi connectivity index (χ3v) is 3.07. The van der Waals surface area contributed by atoms with E-state index in [2.05, 4.69) is 15.7 Å². The molecule has 2 aromatic rings. The quantitative estimate of drug-likeness (QED) is 0.841. The number of amides is 1. The van der Waals surface area contributed by atoms with Crippen LogP contribution >= 0.6 is 0 Å². The van der Waals surface area contributed by atoms with Gasteiger partial charge in [0.2, 0.25) is 5.91 Å². The highest BCUT2D eigenvalue weighted by molar-refractivity contribution is 5.77. The van der Waals surface area contributed by atoms with E-state index < -0.39 is 0 Å². The number of carbonyl (C=O) groups is 1. The lowest BCUT2D eigenvalue weighted by Gasteiger charge is -2.11. The van der Waals surface area contributed by atoms with Crippen LogP contribution in [0.25, 0.3) is 5.69 Å². The topological polar surface area (TPSA) is 59.0 Å². The molecule has 0 aliphatic heterocycles. The van der Waals surface area contributed by atoms with E-state index in [9.17, 15) is 4.79 Å². The molecule has 0 fully saturated rings. The Morgan fingerprint density at radius 1 is 1.35 bits per heavy atom. The Labute approximate surface area is 119 Å². The first kappa shape index (κ1) is 14.3. The van der Waals surface area contributed by atoms with Crippen LogP contribution in [0.2, 0.25) is 0 Å². The van der Waals surface area contributed by atoms with Crippen molar-refractivity contribution in [3.05, 3.63) is 48.3 Å². The normalized spacial score (nSPS) is 12.1. The van der Waals surface area contributed by atoms with Crippen molar-refractivity contribution < 1.29 is 4.79 Å². The van der Waals surface area contributed by atoms with E-state index in [4.69, 9.17) is 0 Å². The fraction of sp³-hybridized carbons (Fsp3) is 0.333. The highest BCUT2D eigenvalue weighted by Gasteiger charge is 2.10. The number of benzene rings is 1. The number of likely N-dealkylation sites (N-methyl/N-ethyl adjacent to an activating group) is 1. The molecule has 1 amide bonds. The SMILES string of the molecule is CCNC(=O)CNC(C)c1cnn(-c2ccccc2)c1. The Morgan fingerprint density at radius 3 is 2.80 bits per heavy atom. The molecule has 0 spiro atoms. The van der Waals surface area contributed by atoms with Gasteiger partial charge >= 0.3 is 0 Å². The molecule has 0 aliphatic rings. The van der Waals surface area contributed by atoms with Gasteiger partial charge in [0, 0.05) is 24.3 Å². The lowest BCUT2D eigenvalue weighted by Crippen LogP contribution is -2.34. The molecule has 1 aromatic heterocycles. The molecule has 2 rings (SSSR count). The van der Waals surface area contributed by atoms with Crippen molar-refractivity contribution in [1.29, 1.82) is 0 Å². The lowest BCUT2D eigenvalue weighted by atomic mass is 10.2. The number of aromatic nitrogens is 2. The zero-order valence-corrected chi connectivity index (χ0v) is 11.8. The van der Waals surface area contributed by atoms with Gasteiger partial charge in [0.25, 0.3) is 0 Å². The van der Waals surface area contributed by atoms with Gasteiger partial charge in [-0.25, -0.2) is 4.68 Å². The third-order valence-electron chi connectivity index (χ3n) is 3.07. The van der Waals surface area contributed by atoms with Gasteiger partial charge in [0.1, 0.15) is 0 Å². The van der Waals surface area contributed by atoms with Crippen molar-refractivity contribution in [3.8, 4) is 5.69 Å². The number of para-hydroxylation sites is 1. The Balaban J connectivity index is 1.96. The summed E-state index contributed by atoms with van der Waals surface area (Å²) >= 11 is 0. The number of hydrogen-bond donors (Lipinski definition) is 2. The van der Waals surface area contributed by atoms with Gasteiger partial charge in [-0.2, -0.15) is 5.10 Å². The maximum absolute atomic E-state index is 11.4. The highest BCUT2D eigenvalue weighted by Crippen LogP contribution is 2.13. The van der Waals surface area contributed by atoms with Gasteiger partial charge in [-0.15, -0.1) is 0 Å². The van der Waals surface area contributed by atoms with Gasteiger partial charge in [-0.3, -0.25) is 4.79 Å². The standard InChI is InChI=1S/C15H20N4O/c1-3-16-15(20)10-17-12(2)13-9-18-19(11-13)14-7-5-4-6-8-14/h4-9,11-12,17H,3,10H2,1-2H3,(H,16,20). The molecule has 20 heavy (non-hydrogen) atoms. The van der Waals surface area contributed by atoms with Crippen molar-refractivity contribution >= 4 is 5.91 Å². The van der Waals surface area contributed by atoms with Crippen LogP contribution in [-0.2, 0) is 4.79 Å². The molecular weight excluding hydrogens is 252 g/mol. The van der Waals surface area contributed by atoms with Gasteiger partial charge in [0.15, 0.2) is 0 Å². The molecule has 2 N–H and O–H groups in total. The third kappa shape index (κ3) is 3.68. The summed E-state index contributed by atoms with van der Waals surface area (Å²) in [5.41, 5.74) is 2.08.